The summed E-state index contributed by atoms with van der Waals surface area (Å²) in [5, 5.41) is 3.37. The Morgan fingerprint density at radius 3 is 2.80 bits per heavy atom. The number of methoxy groups -OCH3 is 1. The van der Waals surface area contributed by atoms with Gasteiger partial charge in [0.15, 0.2) is 0 Å². The molecule has 0 radical (unpaired) electrons. The molecule has 0 aliphatic carbocycles. The van der Waals surface area contributed by atoms with Gasteiger partial charge in [0.05, 0.1) is 7.11 Å². The minimum atomic E-state index is -0.291. The van der Waals surface area contributed by atoms with Gasteiger partial charge in [0, 0.05) is 19.6 Å². The van der Waals surface area contributed by atoms with Gasteiger partial charge in [-0.2, -0.15) is 0 Å². The van der Waals surface area contributed by atoms with Gasteiger partial charge in [-0.15, -0.1) is 0 Å². The van der Waals surface area contributed by atoms with Gasteiger partial charge in [-0.25, -0.2) is 4.79 Å². The number of benzene rings is 1. The van der Waals surface area contributed by atoms with Crippen molar-refractivity contribution in [3.05, 3.63) is 34.9 Å². The monoisotopic (exact) mass is 276 g/mol. The molecule has 110 valence electrons. The number of esters is 1. The highest BCUT2D eigenvalue weighted by molar-refractivity contribution is 5.78. The fraction of sp³-hybridized carbons (Fsp3) is 0.562. The highest BCUT2D eigenvalue weighted by Crippen LogP contribution is 2.26. The summed E-state index contributed by atoms with van der Waals surface area (Å²) < 4.78 is 5.05. The predicted octanol–water partition coefficient (Wildman–Crippen LogP) is 1.81. The van der Waals surface area contributed by atoms with E-state index < -0.39 is 0 Å². The minimum absolute atomic E-state index is 0.168. The molecule has 1 saturated heterocycles. The molecule has 20 heavy (non-hydrogen) atoms. The quantitative estimate of drug-likeness (QED) is 0.855. The lowest BCUT2D eigenvalue weighted by Crippen LogP contribution is -2.37. The summed E-state index contributed by atoms with van der Waals surface area (Å²) in [5.74, 6) is -0.168. The van der Waals surface area contributed by atoms with Crippen LogP contribution in [0.25, 0.3) is 0 Å². The fourth-order valence-electron chi connectivity index (χ4n) is 2.84. The Bertz CT molecular complexity index is 466. The first-order valence-electron chi connectivity index (χ1n) is 7.23. The van der Waals surface area contributed by atoms with Crippen molar-refractivity contribution in [2.45, 2.75) is 26.3 Å². The number of aryl methyl sites for hydroxylation is 2. The Morgan fingerprint density at radius 1 is 1.30 bits per heavy atom. The van der Waals surface area contributed by atoms with Crippen molar-refractivity contribution in [3.8, 4) is 0 Å². The summed E-state index contributed by atoms with van der Waals surface area (Å²) in [4.78, 5) is 14.5. The van der Waals surface area contributed by atoms with Crippen LogP contribution in [0.15, 0.2) is 18.2 Å². The zero-order valence-electron chi connectivity index (χ0n) is 12.6. The van der Waals surface area contributed by atoms with Gasteiger partial charge in [-0.1, -0.05) is 23.8 Å². The van der Waals surface area contributed by atoms with Crippen LogP contribution in [0.1, 0.15) is 29.2 Å². The summed E-state index contributed by atoms with van der Waals surface area (Å²) in [6.07, 6.45) is 1.05. The molecule has 1 fully saturated rings. The summed E-state index contributed by atoms with van der Waals surface area (Å²) >= 11 is 0. The third-order valence-electron chi connectivity index (χ3n) is 3.88. The van der Waals surface area contributed by atoms with Crippen LogP contribution in [0.5, 0.6) is 0 Å². The highest BCUT2D eigenvalue weighted by atomic mass is 16.5. The standard InChI is InChI=1S/C16H24N2O2/c1-12-5-6-14(13(2)11-12)15(16(19)20-3)18-9-4-7-17-8-10-18/h5-6,11,15,17H,4,7-10H2,1-3H3. The van der Waals surface area contributed by atoms with E-state index in [9.17, 15) is 4.79 Å². The number of carbonyl (C=O) groups excluding carboxylic acids is 1. The fourth-order valence-corrected chi connectivity index (χ4v) is 2.84. The van der Waals surface area contributed by atoms with Gasteiger partial charge in [0.25, 0.3) is 0 Å². The third kappa shape index (κ3) is 3.38. The second-order valence-electron chi connectivity index (χ2n) is 5.43. The average molecular weight is 276 g/mol. The van der Waals surface area contributed by atoms with Crippen LogP contribution in [0.4, 0.5) is 0 Å². The smallest absolute Gasteiger partial charge is 0.327 e. The van der Waals surface area contributed by atoms with Crippen molar-refractivity contribution in [2.24, 2.45) is 0 Å². The second kappa shape index (κ2) is 6.86. The van der Waals surface area contributed by atoms with Crippen molar-refractivity contribution < 1.29 is 9.53 Å². The number of rotatable bonds is 3. The molecule has 1 N–H and O–H groups in total. The summed E-state index contributed by atoms with van der Waals surface area (Å²) in [6, 6.07) is 5.96. The van der Waals surface area contributed by atoms with E-state index in [1.807, 2.05) is 0 Å². The van der Waals surface area contributed by atoms with Crippen LogP contribution in [-0.4, -0.2) is 44.2 Å². The van der Waals surface area contributed by atoms with Crippen LogP contribution in [0.2, 0.25) is 0 Å². The predicted molar refractivity (Wildman–Crippen MR) is 79.7 cm³/mol. The normalized spacial score (nSPS) is 18.4. The van der Waals surface area contributed by atoms with E-state index >= 15 is 0 Å². The van der Waals surface area contributed by atoms with E-state index in [-0.39, 0.29) is 12.0 Å². The molecule has 1 atom stereocenters. The Labute approximate surface area is 121 Å². The Balaban J connectivity index is 2.33. The molecule has 0 amide bonds. The van der Waals surface area contributed by atoms with Gasteiger partial charge in [-0.05, 0) is 37.9 Å². The zero-order valence-corrected chi connectivity index (χ0v) is 12.6. The first kappa shape index (κ1) is 15.0. The first-order chi connectivity index (χ1) is 9.63. The van der Waals surface area contributed by atoms with Crippen molar-refractivity contribution in [1.29, 1.82) is 0 Å². The van der Waals surface area contributed by atoms with Crippen LogP contribution in [0, 0.1) is 13.8 Å². The Hall–Kier alpha value is -1.39. The van der Waals surface area contributed by atoms with Gasteiger partial charge < -0.3 is 10.1 Å². The molecule has 1 heterocycles. The van der Waals surface area contributed by atoms with Crippen LogP contribution in [0.3, 0.4) is 0 Å². The molecule has 1 aliphatic rings. The SMILES string of the molecule is COC(=O)C(c1ccc(C)cc1C)N1CCCNCC1. The van der Waals surface area contributed by atoms with Crippen molar-refractivity contribution in [1.82, 2.24) is 10.2 Å². The molecule has 0 spiro atoms. The van der Waals surface area contributed by atoms with Crippen molar-refractivity contribution >= 4 is 5.97 Å². The van der Waals surface area contributed by atoms with Crippen LogP contribution in [-0.2, 0) is 9.53 Å². The van der Waals surface area contributed by atoms with E-state index in [4.69, 9.17) is 4.74 Å². The zero-order chi connectivity index (χ0) is 14.5. The maximum atomic E-state index is 12.3. The molecule has 4 nitrogen and oxygen atoms in total. The molecule has 1 unspecified atom stereocenters. The highest BCUT2D eigenvalue weighted by Gasteiger charge is 2.30. The van der Waals surface area contributed by atoms with E-state index in [2.05, 4.69) is 42.3 Å². The van der Waals surface area contributed by atoms with Gasteiger partial charge >= 0.3 is 5.97 Å². The van der Waals surface area contributed by atoms with Gasteiger partial charge in [0.2, 0.25) is 0 Å². The molecule has 1 aromatic rings. The molecule has 0 aromatic heterocycles. The molecular formula is C16H24N2O2. The molecule has 4 heteroatoms. The topological polar surface area (TPSA) is 41.6 Å². The van der Waals surface area contributed by atoms with E-state index in [1.54, 1.807) is 0 Å². The molecule has 1 aromatic carbocycles. The third-order valence-corrected chi connectivity index (χ3v) is 3.88. The number of carbonyl (C=O) groups is 1. The summed E-state index contributed by atoms with van der Waals surface area (Å²) in [7, 11) is 1.47. The van der Waals surface area contributed by atoms with E-state index in [1.165, 1.54) is 12.7 Å². The first-order valence-corrected chi connectivity index (χ1v) is 7.23. The Morgan fingerprint density at radius 2 is 2.10 bits per heavy atom. The largest absolute Gasteiger partial charge is 0.468 e. The van der Waals surface area contributed by atoms with Gasteiger partial charge in [0.1, 0.15) is 6.04 Å². The van der Waals surface area contributed by atoms with Crippen LogP contribution >= 0.6 is 0 Å². The lowest BCUT2D eigenvalue weighted by molar-refractivity contribution is -0.147. The van der Waals surface area contributed by atoms with Crippen molar-refractivity contribution in [2.75, 3.05) is 33.3 Å². The summed E-state index contributed by atoms with van der Waals surface area (Å²) in [5.41, 5.74) is 3.43. The molecular weight excluding hydrogens is 252 g/mol. The molecule has 1 aliphatic heterocycles. The van der Waals surface area contributed by atoms with Crippen LogP contribution < -0.4 is 5.32 Å². The maximum absolute atomic E-state index is 12.3. The van der Waals surface area contributed by atoms with Gasteiger partial charge in [-0.3, -0.25) is 4.90 Å². The number of ether oxygens (including phenoxy) is 1. The lowest BCUT2D eigenvalue weighted by atomic mass is 9.98. The molecule has 2 rings (SSSR count). The van der Waals surface area contributed by atoms with Crippen molar-refractivity contribution in [3.63, 3.8) is 0 Å². The number of nitrogens with one attached hydrogen (secondary N) is 1. The minimum Gasteiger partial charge on any atom is -0.468 e. The molecule has 0 bridgehead atoms. The second-order valence-corrected chi connectivity index (χ2v) is 5.43. The molecule has 0 saturated carbocycles. The Kier molecular flexibility index (Phi) is 5.15. The number of nitrogens with zero attached hydrogens (tertiary/aromatic N) is 1. The number of hydrogen-bond donors (Lipinski definition) is 1. The number of hydrogen-bond acceptors (Lipinski definition) is 4. The van der Waals surface area contributed by atoms with E-state index in [0.29, 0.717) is 0 Å². The maximum Gasteiger partial charge on any atom is 0.327 e. The average Bonchev–Trinajstić information content (AvgIpc) is 2.70. The van der Waals surface area contributed by atoms with E-state index in [0.717, 1.165) is 43.7 Å². The summed E-state index contributed by atoms with van der Waals surface area (Å²) in [6.45, 7) is 7.84. The lowest BCUT2D eigenvalue weighted by Gasteiger charge is -2.29.